The van der Waals surface area contributed by atoms with Crippen LogP contribution in [0.25, 0.3) is 0 Å². The van der Waals surface area contributed by atoms with Crippen molar-refractivity contribution in [2.75, 3.05) is 7.05 Å². The Morgan fingerprint density at radius 2 is 1.68 bits per heavy atom. The van der Waals surface area contributed by atoms with E-state index < -0.39 is 0 Å². The molecule has 1 heterocycles. The third-order valence-electron chi connectivity index (χ3n) is 3.63. The highest BCUT2D eigenvalue weighted by Crippen LogP contribution is 2.24. The molecule has 1 unspecified atom stereocenters. The van der Waals surface area contributed by atoms with Gasteiger partial charge >= 0.3 is 0 Å². The molecule has 1 N–H and O–H groups in total. The first-order valence-electron chi connectivity index (χ1n) is 7.70. The van der Waals surface area contributed by atoms with Gasteiger partial charge in [0.25, 0.3) is 0 Å². The number of unbranched alkanes of at least 4 members (excludes halogenated alkanes) is 7. The monoisotopic (exact) mass is 329 g/mol. The van der Waals surface area contributed by atoms with E-state index in [0.717, 1.165) is 16.9 Å². The number of hydrogen-bond acceptors (Lipinski definition) is 2. The quantitative estimate of drug-likeness (QED) is 0.516. The molecule has 19 heavy (non-hydrogen) atoms. The van der Waals surface area contributed by atoms with Crippen LogP contribution < -0.4 is 5.32 Å². The second kappa shape index (κ2) is 10.5. The van der Waals surface area contributed by atoms with E-state index in [4.69, 9.17) is 4.42 Å². The molecule has 1 atom stereocenters. The van der Waals surface area contributed by atoms with E-state index >= 15 is 0 Å². The first-order valence-corrected chi connectivity index (χ1v) is 8.49. The molecule has 0 fully saturated rings. The van der Waals surface area contributed by atoms with Gasteiger partial charge in [0, 0.05) is 0 Å². The van der Waals surface area contributed by atoms with Crippen LogP contribution in [0.3, 0.4) is 0 Å². The third kappa shape index (κ3) is 7.17. The topological polar surface area (TPSA) is 25.2 Å². The first kappa shape index (κ1) is 16.8. The minimum absolute atomic E-state index is 0.353. The lowest BCUT2D eigenvalue weighted by Crippen LogP contribution is -2.15. The number of furan rings is 1. The van der Waals surface area contributed by atoms with Crippen LogP contribution in [0.5, 0.6) is 0 Å². The average molecular weight is 330 g/mol. The van der Waals surface area contributed by atoms with Crippen molar-refractivity contribution in [1.82, 2.24) is 5.32 Å². The molecule has 0 aliphatic rings. The van der Waals surface area contributed by atoms with Gasteiger partial charge in [-0.05, 0) is 41.5 Å². The van der Waals surface area contributed by atoms with Crippen molar-refractivity contribution in [2.24, 2.45) is 0 Å². The SMILES string of the molecule is CCCCCCCCCCC(NC)c1ccc(Br)o1. The van der Waals surface area contributed by atoms with E-state index in [1.54, 1.807) is 0 Å². The first-order chi connectivity index (χ1) is 9.27. The molecule has 1 rings (SSSR count). The Labute approximate surface area is 126 Å². The zero-order valence-electron chi connectivity index (χ0n) is 12.4. The Morgan fingerprint density at radius 1 is 1.05 bits per heavy atom. The van der Waals surface area contributed by atoms with Crippen LogP contribution in [-0.2, 0) is 0 Å². The van der Waals surface area contributed by atoms with Gasteiger partial charge in [0.15, 0.2) is 4.67 Å². The predicted molar refractivity (Wildman–Crippen MR) is 85.4 cm³/mol. The molecule has 3 heteroatoms. The van der Waals surface area contributed by atoms with Crippen molar-refractivity contribution in [3.63, 3.8) is 0 Å². The van der Waals surface area contributed by atoms with Gasteiger partial charge < -0.3 is 9.73 Å². The van der Waals surface area contributed by atoms with Gasteiger partial charge in [0.1, 0.15) is 5.76 Å². The second-order valence-corrected chi connectivity index (χ2v) is 6.03. The van der Waals surface area contributed by atoms with E-state index in [1.165, 1.54) is 51.4 Å². The molecule has 110 valence electrons. The molecule has 0 radical (unpaired) electrons. The molecule has 0 amide bonds. The second-order valence-electron chi connectivity index (χ2n) is 5.25. The van der Waals surface area contributed by atoms with Crippen LogP contribution in [0.2, 0.25) is 0 Å². The van der Waals surface area contributed by atoms with Gasteiger partial charge in [-0.1, -0.05) is 58.3 Å². The molecule has 0 saturated heterocycles. The van der Waals surface area contributed by atoms with Crippen molar-refractivity contribution in [1.29, 1.82) is 0 Å². The van der Waals surface area contributed by atoms with Crippen molar-refractivity contribution < 1.29 is 4.42 Å². The van der Waals surface area contributed by atoms with Gasteiger partial charge in [0.05, 0.1) is 6.04 Å². The molecular weight excluding hydrogens is 302 g/mol. The average Bonchev–Trinajstić information content (AvgIpc) is 2.83. The molecule has 0 aromatic carbocycles. The van der Waals surface area contributed by atoms with Crippen LogP contribution in [-0.4, -0.2) is 7.05 Å². The Balaban J connectivity index is 2.07. The summed E-state index contributed by atoms with van der Waals surface area (Å²) in [6.45, 7) is 2.27. The number of hydrogen-bond donors (Lipinski definition) is 1. The summed E-state index contributed by atoms with van der Waals surface area (Å²) in [6, 6.07) is 4.37. The summed E-state index contributed by atoms with van der Waals surface area (Å²) in [5.41, 5.74) is 0. The predicted octanol–water partition coefficient (Wildman–Crippen LogP) is 5.83. The standard InChI is InChI=1S/C16H28BrNO/c1-3-4-5-6-7-8-9-10-11-14(18-2)15-12-13-16(17)19-15/h12-14,18H,3-11H2,1-2H3. The lowest BCUT2D eigenvalue weighted by Gasteiger charge is -2.13. The van der Waals surface area contributed by atoms with Crippen LogP contribution >= 0.6 is 15.9 Å². The Bertz CT molecular complexity index is 324. The van der Waals surface area contributed by atoms with Crippen LogP contribution in [0.15, 0.2) is 21.2 Å². The summed E-state index contributed by atoms with van der Waals surface area (Å²) in [6.07, 6.45) is 12.1. The number of halogens is 1. The number of nitrogens with one attached hydrogen (secondary N) is 1. The van der Waals surface area contributed by atoms with Crippen molar-refractivity contribution >= 4 is 15.9 Å². The summed E-state index contributed by atoms with van der Waals surface area (Å²) >= 11 is 3.36. The molecule has 0 saturated carbocycles. The fraction of sp³-hybridized carbons (Fsp3) is 0.750. The molecule has 0 bridgehead atoms. The van der Waals surface area contributed by atoms with Crippen LogP contribution in [0.4, 0.5) is 0 Å². The molecule has 1 aromatic heterocycles. The van der Waals surface area contributed by atoms with E-state index in [9.17, 15) is 0 Å². The van der Waals surface area contributed by atoms with E-state index in [1.807, 2.05) is 13.1 Å². The largest absolute Gasteiger partial charge is 0.453 e. The van der Waals surface area contributed by atoms with Crippen molar-refractivity contribution in [3.05, 3.63) is 22.6 Å². The fourth-order valence-electron chi connectivity index (χ4n) is 2.43. The minimum Gasteiger partial charge on any atom is -0.453 e. The zero-order valence-corrected chi connectivity index (χ0v) is 14.0. The highest BCUT2D eigenvalue weighted by atomic mass is 79.9. The van der Waals surface area contributed by atoms with E-state index in [0.29, 0.717) is 6.04 Å². The van der Waals surface area contributed by atoms with Gasteiger partial charge in [-0.3, -0.25) is 0 Å². The van der Waals surface area contributed by atoms with Gasteiger partial charge in [0.2, 0.25) is 0 Å². The van der Waals surface area contributed by atoms with Gasteiger partial charge in [-0.25, -0.2) is 0 Å². The summed E-state index contributed by atoms with van der Waals surface area (Å²) in [5.74, 6) is 1.04. The summed E-state index contributed by atoms with van der Waals surface area (Å²) in [5, 5.41) is 3.34. The molecule has 2 nitrogen and oxygen atoms in total. The summed E-state index contributed by atoms with van der Waals surface area (Å²) in [7, 11) is 2.01. The summed E-state index contributed by atoms with van der Waals surface area (Å²) < 4.78 is 6.43. The minimum atomic E-state index is 0.353. The maximum Gasteiger partial charge on any atom is 0.169 e. The number of rotatable bonds is 11. The lowest BCUT2D eigenvalue weighted by molar-refractivity contribution is 0.392. The molecule has 0 aliphatic carbocycles. The maximum atomic E-state index is 5.61. The Morgan fingerprint density at radius 3 is 2.21 bits per heavy atom. The van der Waals surface area contributed by atoms with Crippen molar-refractivity contribution in [2.45, 2.75) is 70.8 Å². The third-order valence-corrected chi connectivity index (χ3v) is 4.06. The van der Waals surface area contributed by atoms with Gasteiger partial charge in [-0.2, -0.15) is 0 Å². The Hall–Kier alpha value is -0.280. The molecule has 0 spiro atoms. The van der Waals surface area contributed by atoms with Gasteiger partial charge in [-0.15, -0.1) is 0 Å². The van der Waals surface area contributed by atoms with E-state index in [-0.39, 0.29) is 0 Å². The molecular formula is C16H28BrNO. The lowest BCUT2D eigenvalue weighted by atomic mass is 10.0. The zero-order chi connectivity index (χ0) is 13.9. The van der Waals surface area contributed by atoms with Crippen LogP contribution in [0.1, 0.15) is 76.5 Å². The molecule has 1 aromatic rings. The highest BCUT2D eigenvalue weighted by molar-refractivity contribution is 9.10. The summed E-state index contributed by atoms with van der Waals surface area (Å²) in [4.78, 5) is 0. The molecule has 0 aliphatic heterocycles. The van der Waals surface area contributed by atoms with Crippen molar-refractivity contribution in [3.8, 4) is 0 Å². The highest BCUT2D eigenvalue weighted by Gasteiger charge is 2.12. The fourth-order valence-corrected chi connectivity index (χ4v) is 2.75. The van der Waals surface area contributed by atoms with E-state index in [2.05, 4.69) is 34.2 Å². The Kier molecular flexibility index (Phi) is 9.27. The maximum absolute atomic E-state index is 5.61. The smallest absolute Gasteiger partial charge is 0.169 e. The normalized spacial score (nSPS) is 12.8. The van der Waals surface area contributed by atoms with Crippen LogP contribution in [0, 0.1) is 0 Å².